The Hall–Kier alpha value is -2.08. The molecule has 1 aromatic carbocycles. The summed E-state index contributed by atoms with van der Waals surface area (Å²) >= 11 is 0. The lowest BCUT2D eigenvalue weighted by Crippen LogP contribution is -2.38. The van der Waals surface area contributed by atoms with E-state index in [-0.39, 0.29) is 6.04 Å². The highest BCUT2D eigenvalue weighted by Gasteiger charge is 2.41. The first-order valence-corrected chi connectivity index (χ1v) is 9.50. The Balaban J connectivity index is 1.43. The molecule has 5 rings (SSSR count). The van der Waals surface area contributed by atoms with Crippen molar-refractivity contribution in [3.63, 3.8) is 0 Å². The maximum Gasteiger partial charge on any atom is 0.225 e. The van der Waals surface area contributed by atoms with E-state index in [4.69, 9.17) is 4.98 Å². The number of hydrogen-bond donors (Lipinski definition) is 0. The molecule has 4 heterocycles. The summed E-state index contributed by atoms with van der Waals surface area (Å²) < 4.78 is 27.7. The summed E-state index contributed by atoms with van der Waals surface area (Å²) in [7, 11) is 0. The number of halogens is 2. The third-order valence-corrected chi connectivity index (χ3v) is 6.09. The van der Waals surface area contributed by atoms with Gasteiger partial charge in [-0.05, 0) is 31.7 Å². The van der Waals surface area contributed by atoms with Gasteiger partial charge in [-0.3, -0.25) is 4.90 Å². The van der Waals surface area contributed by atoms with Gasteiger partial charge in [0.05, 0.1) is 5.69 Å². The van der Waals surface area contributed by atoms with E-state index >= 15 is 0 Å². The summed E-state index contributed by atoms with van der Waals surface area (Å²) in [5.41, 5.74) is 2.74. The van der Waals surface area contributed by atoms with Crippen LogP contribution in [0.2, 0.25) is 0 Å². The van der Waals surface area contributed by atoms with Gasteiger partial charge in [-0.25, -0.2) is 18.7 Å². The fourth-order valence-corrected chi connectivity index (χ4v) is 4.75. The average Bonchev–Trinajstić information content (AvgIpc) is 3.27. The van der Waals surface area contributed by atoms with Crippen LogP contribution in [0.3, 0.4) is 0 Å². The molecule has 6 heteroatoms. The number of nitrogens with zero attached hydrogens (tertiary/aromatic N) is 4. The van der Waals surface area contributed by atoms with Crippen molar-refractivity contribution in [3.05, 3.63) is 52.9 Å². The van der Waals surface area contributed by atoms with Gasteiger partial charge in [0.25, 0.3) is 0 Å². The van der Waals surface area contributed by atoms with E-state index in [1.54, 1.807) is 12.1 Å². The number of anilines is 1. The van der Waals surface area contributed by atoms with Gasteiger partial charge < -0.3 is 4.90 Å². The molecule has 2 unspecified atom stereocenters. The van der Waals surface area contributed by atoms with E-state index in [1.807, 2.05) is 6.20 Å². The Kier molecular flexibility index (Phi) is 3.89. The first-order chi connectivity index (χ1) is 12.7. The lowest BCUT2D eigenvalue weighted by atomic mass is 9.98. The molecule has 2 atom stereocenters. The van der Waals surface area contributed by atoms with Gasteiger partial charge in [0, 0.05) is 55.5 Å². The molecule has 2 fully saturated rings. The second kappa shape index (κ2) is 6.27. The predicted octanol–water partition coefficient (Wildman–Crippen LogP) is 3.62. The van der Waals surface area contributed by atoms with Crippen molar-refractivity contribution in [2.75, 3.05) is 18.0 Å². The molecule has 4 nitrogen and oxygen atoms in total. The lowest BCUT2D eigenvalue weighted by molar-refractivity contribution is 0.163. The monoisotopic (exact) mass is 356 g/mol. The van der Waals surface area contributed by atoms with E-state index in [0.29, 0.717) is 18.2 Å². The van der Waals surface area contributed by atoms with Crippen LogP contribution in [0.15, 0.2) is 24.4 Å². The topological polar surface area (TPSA) is 32.3 Å². The van der Waals surface area contributed by atoms with Crippen molar-refractivity contribution in [2.24, 2.45) is 0 Å². The Morgan fingerprint density at radius 1 is 1.12 bits per heavy atom. The largest absolute Gasteiger partial charge is 0.341 e. The van der Waals surface area contributed by atoms with Crippen molar-refractivity contribution < 1.29 is 8.78 Å². The minimum absolute atomic E-state index is 0.207. The normalized spacial score (nSPS) is 24.9. The second-order valence-corrected chi connectivity index (χ2v) is 7.60. The Bertz CT molecular complexity index is 835. The number of fused-ring (bicyclic) bond motifs is 4. The molecular weight excluding hydrogens is 334 g/mol. The third kappa shape index (κ3) is 2.58. The molecule has 136 valence electrons. The predicted molar refractivity (Wildman–Crippen MR) is 94.8 cm³/mol. The van der Waals surface area contributed by atoms with E-state index in [9.17, 15) is 8.78 Å². The summed E-state index contributed by atoms with van der Waals surface area (Å²) in [4.78, 5) is 14.0. The third-order valence-electron chi connectivity index (χ3n) is 6.09. The zero-order chi connectivity index (χ0) is 17.7. The Morgan fingerprint density at radius 3 is 2.81 bits per heavy atom. The maximum atomic E-state index is 14.1. The van der Waals surface area contributed by atoms with Gasteiger partial charge in [0.1, 0.15) is 0 Å². The summed E-state index contributed by atoms with van der Waals surface area (Å²) in [5.74, 6) is -0.644. The fraction of sp³-hybridized carbons (Fsp3) is 0.500. The molecule has 0 N–H and O–H groups in total. The van der Waals surface area contributed by atoms with E-state index < -0.39 is 11.6 Å². The summed E-state index contributed by atoms with van der Waals surface area (Å²) in [6.45, 7) is 2.51. The van der Waals surface area contributed by atoms with Crippen molar-refractivity contribution >= 4 is 5.95 Å². The van der Waals surface area contributed by atoms with Gasteiger partial charge in [0.15, 0.2) is 11.6 Å². The van der Waals surface area contributed by atoms with Gasteiger partial charge in [-0.1, -0.05) is 12.1 Å². The van der Waals surface area contributed by atoms with Crippen LogP contribution in [0.1, 0.15) is 48.5 Å². The molecule has 1 aromatic heterocycles. The molecule has 26 heavy (non-hydrogen) atoms. The van der Waals surface area contributed by atoms with Crippen LogP contribution in [-0.2, 0) is 13.0 Å². The van der Waals surface area contributed by atoms with Gasteiger partial charge in [-0.15, -0.1) is 0 Å². The first kappa shape index (κ1) is 16.1. The molecule has 0 saturated carbocycles. The highest BCUT2D eigenvalue weighted by atomic mass is 19.2. The minimum atomic E-state index is -0.772. The number of hydrogen-bond acceptors (Lipinski definition) is 4. The zero-order valence-corrected chi connectivity index (χ0v) is 14.7. The van der Waals surface area contributed by atoms with Crippen LogP contribution in [0.5, 0.6) is 0 Å². The molecule has 0 radical (unpaired) electrons. The van der Waals surface area contributed by atoms with Crippen molar-refractivity contribution in [3.8, 4) is 0 Å². The standard InChI is InChI=1S/C20H22F2N4/c21-16-5-3-4-13(19(16)22)12-26-14-6-7-18(26)15-11-23-20(24-17(15)10-14)25-8-1-2-9-25/h3-5,11,14,18H,1-2,6-10,12H2. The molecule has 2 bridgehead atoms. The molecule has 0 aliphatic carbocycles. The van der Waals surface area contributed by atoms with Gasteiger partial charge in [0.2, 0.25) is 5.95 Å². The molecular formula is C20H22F2N4. The van der Waals surface area contributed by atoms with E-state index in [2.05, 4.69) is 14.8 Å². The van der Waals surface area contributed by atoms with Gasteiger partial charge >= 0.3 is 0 Å². The Labute approximate surface area is 151 Å². The van der Waals surface area contributed by atoms with E-state index in [0.717, 1.165) is 44.0 Å². The van der Waals surface area contributed by atoms with Crippen molar-refractivity contribution in [1.82, 2.24) is 14.9 Å². The quantitative estimate of drug-likeness (QED) is 0.841. The molecule has 3 aliphatic heterocycles. The van der Waals surface area contributed by atoms with Crippen molar-refractivity contribution in [2.45, 2.75) is 50.7 Å². The molecule has 2 saturated heterocycles. The summed E-state index contributed by atoms with van der Waals surface area (Å²) in [6.07, 6.45) is 7.35. The fourth-order valence-electron chi connectivity index (χ4n) is 4.75. The smallest absolute Gasteiger partial charge is 0.225 e. The number of aromatic nitrogens is 2. The summed E-state index contributed by atoms with van der Waals surface area (Å²) in [5, 5.41) is 0. The van der Waals surface area contributed by atoms with Crippen molar-refractivity contribution in [1.29, 1.82) is 0 Å². The summed E-state index contributed by atoms with van der Waals surface area (Å²) in [6, 6.07) is 4.99. The first-order valence-electron chi connectivity index (χ1n) is 9.50. The minimum Gasteiger partial charge on any atom is -0.341 e. The highest BCUT2D eigenvalue weighted by Crippen LogP contribution is 2.44. The zero-order valence-electron chi connectivity index (χ0n) is 14.7. The average molecular weight is 356 g/mol. The van der Waals surface area contributed by atoms with Crippen LogP contribution in [0.25, 0.3) is 0 Å². The van der Waals surface area contributed by atoms with Crippen LogP contribution < -0.4 is 4.90 Å². The van der Waals surface area contributed by atoms with Crippen LogP contribution >= 0.6 is 0 Å². The van der Waals surface area contributed by atoms with E-state index in [1.165, 1.54) is 24.5 Å². The molecule has 0 amide bonds. The highest BCUT2D eigenvalue weighted by molar-refractivity contribution is 5.38. The molecule has 2 aromatic rings. The Morgan fingerprint density at radius 2 is 1.96 bits per heavy atom. The lowest BCUT2D eigenvalue weighted by Gasteiger charge is -2.36. The van der Waals surface area contributed by atoms with Crippen LogP contribution in [0.4, 0.5) is 14.7 Å². The van der Waals surface area contributed by atoms with Gasteiger partial charge in [-0.2, -0.15) is 0 Å². The number of rotatable bonds is 3. The SMILES string of the molecule is Fc1cccc(CN2C3CCC2c2cnc(N4CCCC4)nc2C3)c1F. The maximum absolute atomic E-state index is 14.1. The second-order valence-electron chi connectivity index (χ2n) is 7.60. The number of benzene rings is 1. The molecule has 0 spiro atoms. The van der Waals surface area contributed by atoms with Crippen LogP contribution in [0, 0.1) is 11.6 Å². The molecule has 3 aliphatic rings. The van der Waals surface area contributed by atoms with Crippen LogP contribution in [-0.4, -0.2) is 34.0 Å².